The van der Waals surface area contributed by atoms with Crippen LogP contribution < -0.4 is 22.1 Å². The number of hydrogen-bond acceptors (Lipinski definition) is 5. The van der Waals surface area contributed by atoms with Crippen LogP contribution in [0.25, 0.3) is 0 Å². The summed E-state index contributed by atoms with van der Waals surface area (Å²) >= 11 is 0. The molecule has 1 radical (unpaired) electrons. The van der Waals surface area contributed by atoms with E-state index in [1.165, 1.54) is 6.92 Å². The predicted octanol–water partition coefficient (Wildman–Crippen LogP) is 1.25. The van der Waals surface area contributed by atoms with Gasteiger partial charge in [0, 0.05) is 64.9 Å². The fourth-order valence-electron chi connectivity index (χ4n) is 3.94. The van der Waals surface area contributed by atoms with Crippen molar-refractivity contribution in [3.05, 3.63) is 13.3 Å². The molecule has 0 aromatic rings. The monoisotopic (exact) mass is 558 g/mol. The Hall–Kier alpha value is -1.39. The minimum absolute atomic E-state index is 0. The van der Waals surface area contributed by atoms with Crippen molar-refractivity contribution in [2.45, 2.75) is 71.9 Å². The molecular weight excluding hydrogens is 515 g/mol. The van der Waals surface area contributed by atoms with E-state index in [1.54, 1.807) is 6.42 Å². The zero-order valence-electron chi connectivity index (χ0n) is 21.1. The Labute approximate surface area is 229 Å². The van der Waals surface area contributed by atoms with E-state index < -0.39 is 11.9 Å². The summed E-state index contributed by atoms with van der Waals surface area (Å²) in [5.74, 6) is -1.85. The van der Waals surface area contributed by atoms with Crippen LogP contribution in [0.5, 0.6) is 0 Å². The second-order valence-corrected chi connectivity index (χ2v) is 8.19. The number of rotatable bonds is 13. The molecule has 0 aromatic carbocycles. The van der Waals surface area contributed by atoms with Gasteiger partial charge in [-0.1, -0.05) is 46.0 Å². The first-order valence-corrected chi connectivity index (χ1v) is 11.7. The number of carbonyl (C=O) groups is 3. The zero-order valence-corrected chi connectivity index (χ0v) is 23.9. The smallest absolute Gasteiger partial charge is 0.276 e. The molecule has 10 nitrogen and oxygen atoms in total. The molecule has 195 valence electrons. The second kappa shape index (κ2) is 19.9. The number of guanidine groups is 1. The Kier molecular flexibility index (Phi) is 20.3. The average molecular weight is 559 g/mol. The van der Waals surface area contributed by atoms with Crippen LogP contribution in [0.4, 0.5) is 0 Å². The standard InChI is InChI=1S/C15H27N4O3.C8H16NO2.Y/c1-4-9(5-2)13(18-8(3)20)11-6-10(14(21)22)7-12(11)19-15(16)17;1-3-4-6-11-7-5-9-8(2)10;/h6,9-13H,4-5,7H2,1-3H3,(H,18,20)(H,21,22)(H4,16,17,19);2-7H2,1H3,(H,9,10);/q2*-1;/t10-,11-,12-,13-;;/m1../s1. The maximum absolute atomic E-state index is 11.6. The molecule has 1 fully saturated rings. The van der Waals surface area contributed by atoms with Gasteiger partial charge in [0.15, 0.2) is 5.96 Å². The summed E-state index contributed by atoms with van der Waals surface area (Å²) in [4.78, 5) is 37.3. The first-order chi connectivity index (χ1) is 15.6. The van der Waals surface area contributed by atoms with Gasteiger partial charge in [-0.2, -0.15) is 0 Å². The Balaban J connectivity index is 0. The van der Waals surface area contributed by atoms with Crippen molar-refractivity contribution >= 4 is 23.7 Å². The molecule has 0 unspecified atom stereocenters. The largest absolute Gasteiger partial charge is 0.483 e. The van der Waals surface area contributed by atoms with Crippen molar-refractivity contribution in [3.63, 3.8) is 0 Å². The van der Waals surface area contributed by atoms with Crippen LogP contribution in [-0.2, 0) is 51.8 Å². The predicted molar refractivity (Wildman–Crippen MR) is 129 cm³/mol. The third kappa shape index (κ3) is 14.8. The van der Waals surface area contributed by atoms with Crippen molar-refractivity contribution in [1.29, 1.82) is 0 Å². The van der Waals surface area contributed by atoms with Gasteiger partial charge in [0.2, 0.25) is 5.91 Å². The van der Waals surface area contributed by atoms with E-state index in [-0.39, 0.29) is 74.4 Å². The maximum Gasteiger partial charge on any atom is 0.276 e. The number of unbranched alkanes of at least 4 members (excludes halogenated alkanes) is 1. The van der Waals surface area contributed by atoms with E-state index >= 15 is 0 Å². The number of carbonyl (C=O) groups excluding carboxylic acids is 2. The van der Waals surface area contributed by atoms with Crippen molar-refractivity contribution in [1.82, 2.24) is 10.6 Å². The molecule has 2 amide bonds. The number of aliphatic imine (C=N–C) groups is 1. The molecule has 0 aromatic heterocycles. The Morgan fingerprint density at radius 1 is 1.21 bits per heavy atom. The van der Waals surface area contributed by atoms with E-state index in [4.69, 9.17) is 16.2 Å². The number of nitrogens with two attached hydrogens (primary N) is 2. The minimum atomic E-state index is -0.885. The summed E-state index contributed by atoms with van der Waals surface area (Å²) in [6.45, 7) is 12.8. The third-order valence-electron chi connectivity index (χ3n) is 5.58. The van der Waals surface area contributed by atoms with Crippen molar-refractivity contribution in [2.75, 3.05) is 19.8 Å². The van der Waals surface area contributed by atoms with Crippen molar-refractivity contribution in [2.24, 2.45) is 34.2 Å². The number of carboxylic acid groups (broad SMARTS) is 1. The number of amides is 2. The number of ether oxygens (including phenoxy) is 1. The van der Waals surface area contributed by atoms with Gasteiger partial charge in [-0.3, -0.25) is 14.6 Å². The van der Waals surface area contributed by atoms with Crippen LogP contribution in [0.15, 0.2) is 4.99 Å². The molecule has 1 rings (SSSR count). The van der Waals surface area contributed by atoms with E-state index in [9.17, 15) is 19.5 Å². The molecule has 11 heteroatoms. The topological polar surface area (TPSA) is 169 Å². The van der Waals surface area contributed by atoms with E-state index in [0.717, 1.165) is 32.3 Å². The molecule has 0 bridgehead atoms. The first-order valence-electron chi connectivity index (χ1n) is 11.7. The molecule has 0 heterocycles. The van der Waals surface area contributed by atoms with Gasteiger partial charge in [0.1, 0.15) is 0 Å². The summed E-state index contributed by atoms with van der Waals surface area (Å²) in [5.41, 5.74) is 11.0. The molecule has 1 aliphatic carbocycles. The minimum Gasteiger partial charge on any atom is -0.483 e. The summed E-state index contributed by atoms with van der Waals surface area (Å²) < 4.78 is 5.18. The number of carboxylic acids is 1. The maximum atomic E-state index is 11.6. The second-order valence-electron chi connectivity index (χ2n) is 8.19. The zero-order chi connectivity index (χ0) is 25.4. The number of nitrogens with zero attached hydrogens (tertiary/aromatic N) is 1. The SMILES string of the molecule is CCC(CC)[C@@H](NC(C)=O)[C@@H]1[CH-][C@@H](C(=O)O)C[C@H]1N=C(N)N.[CH2-]C(=O)NCCOCCCC.[Y]. The van der Waals surface area contributed by atoms with Crippen molar-refractivity contribution in [3.8, 4) is 0 Å². The average Bonchev–Trinajstić information content (AvgIpc) is 3.14. The molecular formula is C23H43N5O5Y-2. The summed E-state index contributed by atoms with van der Waals surface area (Å²) in [6, 6.07) is -0.478. The van der Waals surface area contributed by atoms with Gasteiger partial charge in [0.05, 0.1) is 12.5 Å². The Morgan fingerprint density at radius 2 is 1.82 bits per heavy atom. The molecule has 1 saturated carbocycles. The van der Waals surface area contributed by atoms with Crippen molar-refractivity contribution < 1.29 is 56.9 Å². The normalized spacial score (nSPS) is 19.7. The quantitative estimate of drug-likeness (QED) is 0.0981. The Bertz CT molecular complexity index is 627. The van der Waals surface area contributed by atoms with E-state index in [2.05, 4.69) is 43.3 Å². The molecule has 4 atom stereocenters. The van der Waals surface area contributed by atoms with Gasteiger partial charge in [-0.05, 0) is 18.8 Å². The number of hydrogen-bond donors (Lipinski definition) is 5. The molecule has 0 spiro atoms. The van der Waals surface area contributed by atoms with Gasteiger partial charge < -0.3 is 50.1 Å². The molecule has 0 saturated heterocycles. The summed E-state index contributed by atoms with van der Waals surface area (Å²) in [6.07, 6.45) is 6.13. The third-order valence-corrected chi connectivity index (χ3v) is 5.58. The van der Waals surface area contributed by atoms with E-state index in [1.807, 2.05) is 0 Å². The fraction of sp³-hybridized carbons (Fsp3) is 0.739. The molecule has 34 heavy (non-hydrogen) atoms. The van der Waals surface area contributed by atoms with Gasteiger partial charge in [-0.15, -0.1) is 5.92 Å². The van der Waals surface area contributed by atoms with E-state index in [0.29, 0.717) is 19.6 Å². The van der Waals surface area contributed by atoms with Gasteiger partial charge in [0.25, 0.3) is 5.97 Å². The fourth-order valence-corrected chi connectivity index (χ4v) is 3.94. The summed E-state index contributed by atoms with van der Waals surface area (Å²) in [5, 5.41) is 14.8. The van der Waals surface area contributed by atoms with Crippen LogP contribution in [0.1, 0.15) is 59.8 Å². The summed E-state index contributed by atoms with van der Waals surface area (Å²) in [7, 11) is 0. The van der Waals surface area contributed by atoms with Crippen LogP contribution in [0.2, 0.25) is 0 Å². The number of aliphatic carboxylic acids is 1. The molecule has 1 aliphatic rings. The van der Waals surface area contributed by atoms with Crippen LogP contribution in [0.3, 0.4) is 0 Å². The molecule has 7 N–H and O–H groups in total. The number of nitrogens with one attached hydrogen (secondary N) is 2. The van der Waals surface area contributed by atoms with Gasteiger partial charge >= 0.3 is 0 Å². The van der Waals surface area contributed by atoms with Crippen LogP contribution in [0, 0.1) is 31.1 Å². The van der Waals surface area contributed by atoms with Crippen LogP contribution in [-0.4, -0.2) is 60.7 Å². The van der Waals surface area contributed by atoms with Crippen LogP contribution >= 0.6 is 0 Å². The molecule has 0 aliphatic heterocycles. The van der Waals surface area contributed by atoms with Gasteiger partial charge in [-0.25, -0.2) is 0 Å². The first kappa shape index (κ1) is 34.8. The Morgan fingerprint density at radius 3 is 2.26 bits per heavy atom.